The zero-order valence-corrected chi connectivity index (χ0v) is 8.72. The monoisotopic (exact) mass is 216 g/mol. The Morgan fingerprint density at radius 1 is 1.31 bits per heavy atom. The average Bonchev–Trinajstić information content (AvgIpc) is 2.84. The van der Waals surface area contributed by atoms with E-state index in [0.717, 1.165) is 5.56 Å². The van der Waals surface area contributed by atoms with Gasteiger partial charge in [-0.3, -0.25) is 4.79 Å². The normalized spacial score (nSPS) is 10.2. The first-order chi connectivity index (χ1) is 7.86. The summed E-state index contributed by atoms with van der Waals surface area (Å²) in [5.74, 6) is -0.0894. The molecule has 0 aliphatic rings. The Hall–Kier alpha value is -1.94. The number of rotatable bonds is 5. The van der Waals surface area contributed by atoms with Crippen molar-refractivity contribution in [3.63, 3.8) is 0 Å². The minimum atomic E-state index is -0.0894. The Bertz CT molecular complexity index is 437. The number of imidazole rings is 1. The third-order valence-corrected chi connectivity index (χ3v) is 2.14. The summed E-state index contributed by atoms with van der Waals surface area (Å²) < 4.78 is 5.31. The van der Waals surface area contributed by atoms with Crippen LogP contribution in [0, 0.1) is 0 Å². The Balaban J connectivity index is 1.79. The minimum Gasteiger partial charge on any atom is -0.369 e. The number of aromatic nitrogens is 2. The molecule has 0 spiro atoms. The zero-order valence-electron chi connectivity index (χ0n) is 8.72. The predicted octanol–water partition coefficient (Wildman–Crippen LogP) is 1.81. The fourth-order valence-electron chi connectivity index (χ4n) is 1.32. The molecular weight excluding hydrogens is 204 g/mol. The number of H-pyrrole nitrogens is 1. The number of nitrogens with zero attached hydrogens (tertiary/aromatic N) is 1. The molecule has 82 valence electrons. The van der Waals surface area contributed by atoms with Crippen LogP contribution >= 0.6 is 0 Å². The van der Waals surface area contributed by atoms with E-state index in [9.17, 15) is 4.79 Å². The van der Waals surface area contributed by atoms with Crippen molar-refractivity contribution < 1.29 is 9.53 Å². The van der Waals surface area contributed by atoms with Crippen LogP contribution in [0.1, 0.15) is 16.1 Å². The van der Waals surface area contributed by atoms with Gasteiger partial charge >= 0.3 is 0 Å². The molecule has 1 heterocycles. The van der Waals surface area contributed by atoms with Gasteiger partial charge in [-0.25, -0.2) is 4.98 Å². The summed E-state index contributed by atoms with van der Waals surface area (Å²) in [6.07, 6.45) is 2.97. The number of nitrogens with one attached hydrogen (secondary N) is 1. The molecule has 0 amide bonds. The van der Waals surface area contributed by atoms with Gasteiger partial charge in [-0.15, -0.1) is 0 Å². The Morgan fingerprint density at radius 2 is 2.12 bits per heavy atom. The number of carbonyl (C=O) groups is 1. The standard InChI is InChI=1S/C12H12N2O2/c15-12(11-6-13-9-14-11)8-16-7-10-4-2-1-3-5-10/h1-6,9H,7-8H2,(H,13,14). The molecule has 0 atom stereocenters. The van der Waals surface area contributed by atoms with Gasteiger partial charge in [0.15, 0.2) is 0 Å². The van der Waals surface area contributed by atoms with Gasteiger partial charge in [-0.2, -0.15) is 0 Å². The molecule has 0 saturated carbocycles. The van der Waals surface area contributed by atoms with Crippen LogP contribution in [-0.4, -0.2) is 22.4 Å². The Labute approximate surface area is 93.3 Å². The minimum absolute atomic E-state index is 0.0666. The number of benzene rings is 1. The van der Waals surface area contributed by atoms with Crippen LogP contribution in [0.4, 0.5) is 0 Å². The van der Waals surface area contributed by atoms with Crippen molar-refractivity contribution in [2.45, 2.75) is 6.61 Å². The molecule has 4 nitrogen and oxygen atoms in total. The number of hydrogen-bond acceptors (Lipinski definition) is 3. The number of hydrogen-bond donors (Lipinski definition) is 1. The SMILES string of the molecule is O=C(COCc1ccccc1)c1cnc[nH]1. The maximum atomic E-state index is 11.5. The number of carbonyl (C=O) groups excluding carboxylic acids is 1. The molecule has 0 saturated heterocycles. The summed E-state index contributed by atoms with van der Waals surface area (Å²) in [7, 11) is 0. The van der Waals surface area contributed by atoms with Gasteiger partial charge < -0.3 is 9.72 Å². The lowest BCUT2D eigenvalue weighted by molar-refractivity contribution is 0.0722. The molecule has 1 N–H and O–H groups in total. The molecule has 2 aromatic rings. The van der Waals surface area contributed by atoms with Gasteiger partial charge in [-0.1, -0.05) is 30.3 Å². The smallest absolute Gasteiger partial charge is 0.206 e. The van der Waals surface area contributed by atoms with E-state index in [2.05, 4.69) is 9.97 Å². The molecule has 1 aromatic carbocycles. The molecule has 2 rings (SSSR count). The van der Waals surface area contributed by atoms with Gasteiger partial charge in [0.1, 0.15) is 12.3 Å². The fraction of sp³-hybridized carbons (Fsp3) is 0.167. The topological polar surface area (TPSA) is 55.0 Å². The molecule has 1 aromatic heterocycles. The second-order valence-electron chi connectivity index (χ2n) is 3.37. The second-order valence-corrected chi connectivity index (χ2v) is 3.37. The Morgan fingerprint density at radius 3 is 2.81 bits per heavy atom. The van der Waals surface area contributed by atoms with Crippen LogP contribution in [0.2, 0.25) is 0 Å². The second kappa shape index (κ2) is 5.23. The maximum Gasteiger partial charge on any atom is 0.206 e. The third-order valence-electron chi connectivity index (χ3n) is 2.14. The summed E-state index contributed by atoms with van der Waals surface area (Å²) in [6, 6.07) is 9.74. The molecular formula is C12H12N2O2. The van der Waals surface area contributed by atoms with E-state index in [0.29, 0.717) is 12.3 Å². The van der Waals surface area contributed by atoms with Crippen molar-refractivity contribution in [3.05, 3.63) is 54.1 Å². The van der Waals surface area contributed by atoms with E-state index in [1.165, 1.54) is 12.5 Å². The molecule has 0 aliphatic heterocycles. The lowest BCUT2D eigenvalue weighted by Gasteiger charge is -2.02. The van der Waals surface area contributed by atoms with Gasteiger partial charge in [0.25, 0.3) is 0 Å². The van der Waals surface area contributed by atoms with Gasteiger partial charge in [0, 0.05) is 0 Å². The van der Waals surface area contributed by atoms with E-state index in [-0.39, 0.29) is 12.4 Å². The predicted molar refractivity (Wildman–Crippen MR) is 59.0 cm³/mol. The first-order valence-corrected chi connectivity index (χ1v) is 4.99. The summed E-state index contributed by atoms with van der Waals surface area (Å²) in [4.78, 5) is 18.0. The van der Waals surface area contributed by atoms with Crippen LogP contribution in [0.5, 0.6) is 0 Å². The molecule has 16 heavy (non-hydrogen) atoms. The Kier molecular flexibility index (Phi) is 3.46. The lowest BCUT2D eigenvalue weighted by Crippen LogP contribution is -2.09. The molecule has 0 fully saturated rings. The van der Waals surface area contributed by atoms with E-state index >= 15 is 0 Å². The molecule has 0 radical (unpaired) electrons. The average molecular weight is 216 g/mol. The first-order valence-electron chi connectivity index (χ1n) is 4.99. The maximum absolute atomic E-state index is 11.5. The van der Waals surface area contributed by atoms with E-state index < -0.39 is 0 Å². The van der Waals surface area contributed by atoms with Crippen molar-refractivity contribution in [1.82, 2.24) is 9.97 Å². The largest absolute Gasteiger partial charge is 0.369 e. The van der Waals surface area contributed by atoms with Crippen LogP contribution in [0.3, 0.4) is 0 Å². The van der Waals surface area contributed by atoms with E-state index in [1.54, 1.807) is 0 Å². The summed E-state index contributed by atoms with van der Waals surface area (Å²) in [5, 5.41) is 0. The van der Waals surface area contributed by atoms with Crippen molar-refractivity contribution in [3.8, 4) is 0 Å². The highest BCUT2D eigenvalue weighted by atomic mass is 16.5. The third kappa shape index (κ3) is 2.77. The van der Waals surface area contributed by atoms with Gasteiger partial charge in [-0.05, 0) is 5.56 Å². The highest BCUT2D eigenvalue weighted by Gasteiger charge is 2.06. The molecule has 4 heteroatoms. The summed E-state index contributed by atoms with van der Waals surface area (Å²) in [5.41, 5.74) is 1.54. The number of ether oxygens (including phenoxy) is 1. The zero-order chi connectivity index (χ0) is 11.2. The molecule has 0 aliphatic carbocycles. The summed E-state index contributed by atoms with van der Waals surface area (Å²) in [6.45, 7) is 0.512. The summed E-state index contributed by atoms with van der Waals surface area (Å²) >= 11 is 0. The van der Waals surface area contributed by atoms with Crippen molar-refractivity contribution >= 4 is 5.78 Å². The fourth-order valence-corrected chi connectivity index (χ4v) is 1.32. The van der Waals surface area contributed by atoms with E-state index in [4.69, 9.17) is 4.74 Å². The highest BCUT2D eigenvalue weighted by molar-refractivity contribution is 5.94. The van der Waals surface area contributed by atoms with Gasteiger partial charge in [0.05, 0.1) is 19.1 Å². The van der Waals surface area contributed by atoms with Gasteiger partial charge in [0.2, 0.25) is 5.78 Å². The number of ketones is 1. The van der Waals surface area contributed by atoms with Crippen molar-refractivity contribution in [1.29, 1.82) is 0 Å². The van der Waals surface area contributed by atoms with Crippen LogP contribution in [0.25, 0.3) is 0 Å². The lowest BCUT2D eigenvalue weighted by atomic mass is 10.2. The van der Waals surface area contributed by atoms with E-state index in [1.807, 2.05) is 30.3 Å². The first kappa shape index (κ1) is 10.6. The number of Topliss-reactive ketones (excluding diaryl/α,β-unsaturated/α-hetero) is 1. The van der Waals surface area contributed by atoms with Crippen LogP contribution < -0.4 is 0 Å². The quantitative estimate of drug-likeness (QED) is 0.775. The van der Waals surface area contributed by atoms with Crippen molar-refractivity contribution in [2.75, 3.05) is 6.61 Å². The highest BCUT2D eigenvalue weighted by Crippen LogP contribution is 2.01. The molecule has 0 unspecified atom stereocenters. The van der Waals surface area contributed by atoms with Crippen LogP contribution in [0.15, 0.2) is 42.9 Å². The van der Waals surface area contributed by atoms with Crippen molar-refractivity contribution in [2.24, 2.45) is 0 Å². The molecule has 0 bridgehead atoms. The number of aromatic amines is 1. The van der Waals surface area contributed by atoms with Crippen LogP contribution in [-0.2, 0) is 11.3 Å².